The van der Waals surface area contributed by atoms with Crippen LogP contribution in [-0.4, -0.2) is 5.54 Å². The summed E-state index contributed by atoms with van der Waals surface area (Å²) in [4.78, 5) is 0. The largest absolute Gasteiger partial charge is 0.254 e. The molecule has 0 aromatic rings. The lowest BCUT2D eigenvalue weighted by Crippen LogP contribution is -2.25. The Balaban J connectivity index is 2.01. The lowest BCUT2D eigenvalue weighted by molar-refractivity contribution is 0.410. The zero-order valence-corrected chi connectivity index (χ0v) is 15.0. The van der Waals surface area contributed by atoms with Crippen LogP contribution in [-0.2, 0) is 0 Å². The Bertz CT molecular complexity index is 288. The minimum atomic E-state index is 0.683. The lowest BCUT2D eigenvalue weighted by atomic mass is 9.50. The van der Waals surface area contributed by atoms with Gasteiger partial charge in [0, 0.05) is 0 Å². The van der Waals surface area contributed by atoms with Gasteiger partial charge in [0.1, 0.15) is 0 Å². The van der Waals surface area contributed by atoms with E-state index in [0.717, 1.165) is 11.7 Å². The van der Waals surface area contributed by atoms with Gasteiger partial charge in [0.25, 0.3) is 5.54 Å². The molecule has 0 unspecified atom stereocenters. The zero-order valence-electron chi connectivity index (χ0n) is 13.4. The molecule has 2 aliphatic carbocycles. The molecule has 2 saturated carbocycles. The van der Waals surface area contributed by atoms with E-state index in [1.54, 1.807) is 5.47 Å². The molecule has 2 rings (SSSR count). The first-order valence-corrected chi connectivity index (χ1v) is 10.1. The summed E-state index contributed by atoms with van der Waals surface area (Å²) in [6.07, 6.45) is 21.2. The van der Waals surface area contributed by atoms with E-state index in [1.807, 2.05) is 0 Å². The maximum Gasteiger partial charge on any atom is 0.254 e. The molecule has 0 saturated heterocycles. The van der Waals surface area contributed by atoms with Gasteiger partial charge in [-0.2, -0.15) is 0 Å². The Morgan fingerprint density at radius 1 is 1.00 bits per heavy atom. The van der Waals surface area contributed by atoms with Crippen molar-refractivity contribution in [1.82, 2.24) is 0 Å². The summed E-state index contributed by atoms with van der Waals surface area (Å²) in [6, 6.07) is 0. The highest BCUT2D eigenvalue weighted by atomic mass is 79.9. The maximum absolute atomic E-state index is 4.13. The zero-order chi connectivity index (χ0) is 14.2. The molecular weight excluding hydrogens is 307 g/mol. The van der Waals surface area contributed by atoms with E-state index >= 15 is 0 Å². The molecule has 2 heteroatoms. The van der Waals surface area contributed by atoms with Crippen LogP contribution < -0.4 is 0 Å². The van der Waals surface area contributed by atoms with E-state index in [9.17, 15) is 0 Å². The molecule has 0 amide bonds. The van der Waals surface area contributed by atoms with Gasteiger partial charge in [0.15, 0.2) is 0 Å². The van der Waals surface area contributed by atoms with Gasteiger partial charge < -0.3 is 0 Å². The minimum Gasteiger partial charge on any atom is -0.150 e. The van der Waals surface area contributed by atoms with E-state index in [4.69, 9.17) is 0 Å². The first-order chi connectivity index (χ1) is 9.83. The fourth-order valence-corrected chi connectivity index (χ4v) is 5.20. The van der Waals surface area contributed by atoms with E-state index in [0.29, 0.717) is 5.54 Å². The van der Waals surface area contributed by atoms with Crippen LogP contribution in [0.15, 0.2) is 11.5 Å². The Hall–Kier alpha value is 0.285. The molecule has 0 atom stereocenters. The molecule has 0 radical (unpaired) electrons. The third-order valence-electron chi connectivity index (χ3n) is 5.40. The van der Waals surface area contributed by atoms with Gasteiger partial charge in [-0.25, -0.2) is 0 Å². The quantitative estimate of drug-likeness (QED) is 0.363. The topological polar surface area (TPSA) is 0 Å². The average Bonchev–Trinajstić information content (AvgIpc) is 2.53. The van der Waals surface area contributed by atoms with Crippen LogP contribution in [0.4, 0.5) is 0 Å². The predicted octanol–water partition coefficient (Wildman–Crippen LogP) is 6.94. The van der Waals surface area contributed by atoms with Crippen molar-refractivity contribution in [3.05, 3.63) is 11.5 Å². The third kappa shape index (κ3) is 4.93. The summed E-state index contributed by atoms with van der Waals surface area (Å²) in [6.45, 7) is 2.31. The van der Waals surface area contributed by atoms with Crippen LogP contribution in [0.3, 0.4) is 0 Å². The van der Waals surface area contributed by atoms with Gasteiger partial charge in [0.2, 0.25) is 0 Å². The van der Waals surface area contributed by atoms with E-state index in [1.165, 1.54) is 83.5 Å². The highest BCUT2D eigenvalue weighted by Gasteiger charge is 2.32. The molecule has 0 spiro atoms. The molecule has 0 aliphatic heterocycles. The maximum atomic E-state index is 4.13. The van der Waals surface area contributed by atoms with Crippen LogP contribution in [0.5, 0.6) is 0 Å². The Kier molecular flexibility index (Phi) is 7.77. The van der Waals surface area contributed by atoms with Crippen molar-refractivity contribution in [1.29, 1.82) is 0 Å². The number of hydrogen-bond donors (Lipinski definition) is 0. The van der Waals surface area contributed by atoms with Crippen molar-refractivity contribution >= 4 is 21.3 Å². The Labute approximate surface area is 135 Å². The van der Waals surface area contributed by atoms with Crippen molar-refractivity contribution < 1.29 is 0 Å². The van der Waals surface area contributed by atoms with Crippen LogP contribution in [0.25, 0.3) is 0 Å². The SMILES string of the molecule is CCCC/C=C(\B(Br)C1CCCCC1)C1CCCCC1. The van der Waals surface area contributed by atoms with Crippen molar-refractivity contribution in [3.8, 4) is 0 Å². The first-order valence-electron chi connectivity index (χ1n) is 9.17. The molecule has 0 heterocycles. The second-order valence-corrected chi connectivity index (χ2v) is 7.97. The monoisotopic (exact) mass is 338 g/mol. The smallest absolute Gasteiger partial charge is 0.150 e. The van der Waals surface area contributed by atoms with Crippen molar-refractivity contribution in [2.75, 3.05) is 0 Å². The first kappa shape index (κ1) is 16.7. The summed E-state index contributed by atoms with van der Waals surface area (Å²) in [5, 5.41) is 0. The standard InChI is InChI=1S/C18H32BBr/c1-2-3-6-15-18(16-11-7-4-8-12-16)19(20)17-13-9-5-10-14-17/h15-17H,2-14H2,1H3/b18-15-. The molecule has 0 aromatic carbocycles. The van der Waals surface area contributed by atoms with E-state index in [2.05, 4.69) is 28.8 Å². The van der Waals surface area contributed by atoms with Gasteiger partial charge in [0.05, 0.1) is 0 Å². The molecule has 114 valence electrons. The molecule has 0 aromatic heterocycles. The molecule has 0 N–H and O–H groups in total. The molecule has 20 heavy (non-hydrogen) atoms. The normalized spacial score (nSPS) is 23.0. The summed E-state index contributed by atoms with van der Waals surface area (Å²) in [7, 11) is 0. The number of halogens is 1. The summed E-state index contributed by atoms with van der Waals surface area (Å²) < 4.78 is 0. The van der Waals surface area contributed by atoms with Crippen LogP contribution in [0.1, 0.15) is 90.4 Å². The minimum absolute atomic E-state index is 0.683. The fraction of sp³-hybridized carbons (Fsp3) is 0.889. The second kappa shape index (κ2) is 9.33. The van der Waals surface area contributed by atoms with Gasteiger partial charge in [-0.05, 0) is 31.0 Å². The van der Waals surface area contributed by atoms with Gasteiger partial charge in [-0.15, -0.1) is 15.8 Å². The number of hydrogen-bond acceptors (Lipinski definition) is 0. The molecule has 0 nitrogen and oxygen atoms in total. The molecule has 2 fully saturated rings. The van der Waals surface area contributed by atoms with Crippen molar-refractivity contribution in [2.24, 2.45) is 5.92 Å². The number of allylic oxidation sites excluding steroid dienone is 2. The summed E-state index contributed by atoms with van der Waals surface area (Å²) in [5.41, 5.74) is 2.48. The van der Waals surface area contributed by atoms with Crippen molar-refractivity contribution in [3.63, 3.8) is 0 Å². The van der Waals surface area contributed by atoms with Crippen molar-refractivity contribution in [2.45, 2.75) is 96.2 Å². The van der Waals surface area contributed by atoms with Gasteiger partial charge in [-0.3, -0.25) is 0 Å². The van der Waals surface area contributed by atoms with Gasteiger partial charge >= 0.3 is 0 Å². The van der Waals surface area contributed by atoms with Crippen LogP contribution in [0.2, 0.25) is 5.82 Å². The highest BCUT2D eigenvalue weighted by molar-refractivity contribution is 9.24. The number of rotatable bonds is 6. The Morgan fingerprint density at radius 3 is 2.20 bits per heavy atom. The second-order valence-electron chi connectivity index (χ2n) is 6.98. The van der Waals surface area contributed by atoms with Crippen LogP contribution in [0, 0.1) is 5.92 Å². The lowest BCUT2D eigenvalue weighted by Gasteiger charge is -2.32. The average molecular weight is 339 g/mol. The highest BCUT2D eigenvalue weighted by Crippen LogP contribution is 2.41. The number of unbranched alkanes of at least 4 members (excludes halogenated alkanes) is 2. The molecule has 0 bridgehead atoms. The van der Waals surface area contributed by atoms with Gasteiger partial charge in [-0.1, -0.05) is 82.7 Å². The Morgan fingerprint density at radius 2 is 1.60 bits per heavy atom. The summed E-state index contributed by atoms with van der Waals surface area (Å²) >= 11 is 4.13. The van der Waals surface area contributed by atoms with E-state index in [-0.39, 0.29) is 0 Å². The summed E-state index contributed by atoms with van der Waals surface area (Å²) in [5.74, 6) is 1.81. The van der Waals surface area contributed by atoms with Crippen LogP contribution >= 0.6 is 15.8 Å². The molecule has 2 aliphatic rings. The fourth-order valence-electron chi connectivity index (χ4n) is 4.11. The molecular formula is C18H32BBr. The van der Waals surface area contributed by atoms with E-state index < -0.39 is 0 Å². The predicted molar refractivity (Wildman–Crippen MR) is 95.7 cm³/mol. The third-order valence-corrected chi connectivity index (χ3v) is 6.67.